The molecule has 0 bridgehead atoms. The lowest BCUT2D eigenvalue weighted by Crippen LogP contribution is -2.50. The van der Waals surface area contributed by atoms with Crippen LogP contribution in [-0.2, 0) is 4.79 Å². The van der Waals surface area contributed by atoms with E-state index in [0.717, 1.165) is 56.3 Å². The minimum atomic E-state index is -0.196. The van der Waals surface area contributed by atoms with Crippen LogP contribution in [0.2, 0.25) is 0 Å². The normalized spacial score (nSPS) is 28.3. The van der Waals surface area contributed by atoms with Crippen LogP contribution in [0.1, 0.15) is 85.1 Å². The second-order valence-electron chi connectivity index (χ2n) is 9.65. The van der Waals surface area contributed by atoms with Crippen molar-refractivity contribution in [3.8, 4) is 0 Å². The third-order valence-electron chi connectivity index (χ3n) is 7.27. The highest BCUT2D eigenvalue weighted by Gasteiger charge is 2.37. The van der Waals surface area contributed by atoms with Crippen molar-refractivity contribution in [1.82, 2.24) is 15.4 Å². The number of benzene rings is 1. The fourth-order valence-electron chi connectivity index (χ4n) is 5.17. The molecule has 0 spiro atoms. The van der Waals surface area contributed by atoms with Gasteiger partial charge < -0.3 is 20.5 Å². The van der Waals surface area contributed by atoms with Gasteiger partial charge in [-0.15, -0.1) is 0 Å². The van der Waals surface area contributed by atoms with E-state index in [1.54, 1.807) is 6.07 Å². The molecule has 1 aromatic heterocycles. The van der Waals surface area contributed by atoms with E-state index in [4.69, 9.17) is 10.3 Å². The second kappa shape index (κ2) is 9.06. The van der Waals surface area contributed by atoms with Crippen LogP contribution in [0.3, 0.4) is 0 Å². The van der Waals surface area contributed by atoms with E-state index in [9.17, 15) is 9.59 Å². The molecule has 1 aliphatic heterocycles. The van der Waals surface area contributed by atoms with Gasteiger partial charge in [0.05, 0.1) is 6.04 Å². The number of nitrogens with one attached hydrogen (secondary N) is 1. The molecule has 2 heterocycles. The molecule has 170 valence electrons. The summed E-state index contributed by atoms with van der Waals surface area (Å²) < 4.78 is 5.34. The van der Waals surface area contributed by atoms with Gasteiger partial charge in [0.1, 0.15) is 5.76 Å². The number of carbonyl (C=O) groups is 2. The summed E-state index contributed by atoms with van der Waals surface area (Å²) in [6.45, 7) is 0.637. The molecular formula is C25H32N4O3. The Morgan fingerprint density at radius 3 is 2.50 bits per heavy atom. The largest absolute Gasteiger partial charge is 0.360 e. The zero-order valence-electron chi connectivity index (χ0n) is 18.4. The molecule has 1 aromatic carbocycles. The molecule has 32 heavy (non-hydrogen) atoms. The number of nitrogens with two attached hydrogens (primary N) is 1. The summed E-state index contributed by atoms with van der Waals surface area (Å²) in [5.41, 5.74) is 7.51. The Morgan fingerprint density at radius 1 is 1.03 bits per heavy atom. The van der Waals surface area contributed by atoms with Crippen LogP contribution in [0.15, 0.2) is 40.9 Å². The summed E-state index contributed by atoms with van der Waals surface area (Å²) in [4.78, 5) is 28.3. The first-order valence-electron chi connectivity index (χ1n) is 12.0. The molecule has 3 fully saturated rings. The molecule has 7 nitrogen and oxygen atoms in total. The fourth-order valence-corrected chi connectivity index (χ4v) is 5.17. The standard InChI is InChI=1S/C25H32N4O3/c26-19-10-8-18(9-11-19)25(31)29-13-12-20(14-22(29)16-4-2-1-3-5-16)27-24(30)21-15-23(32-28-21)17-6-7-17/h1-5,15,17-20,22H,6-14,26H2,(H,27,30)/t18?,19?,20?,22-/m1/s1. The number of rotatable bonds is 5. The number of hydrogen-bond donors (Lipinski definition) is 2. The van der Waals surface area contributed by atoms with Gasteiger partial charge in [-0.3, -0.25) is 9.59 Å². The molecule has 2 atom stereocenters. The van der Waals surface area contributed by atoms with Gasteiger partial charge >= 0.3 is 0 Å². The number of likely N-dealkylation sites (tertiary alicyclic amines) is 1. The summed E-state index contributed by atoms with van der Waals surface area (Å²) in [5, 5.41) is 7.11. The van der Waals surface area contributed by atoms with Crippen LogP contribution in [-0.4, -0.2) is 40.5 Å². The van der Waals surface area contributed by atoms with Crippen LogP contribution in [0.25, 0.3) is 0 Å². The van der Waals surface area contributed by atoms with E-state index in [1.165, 1.54) is 0 Å². The van der Waals surface area contributed by atoms with Crippen molar-refractivity contribution >= 4 is 11.8 Å². The Kier molecular flexibility index (Phi) is 6.00. The van der Waals surface area contributed by atoms with Crippen molar-refractivity contribution in [1.29, 1.82) is 0 Å². The second-order valence-corrected chi connectivity index (χ2v) is 9.65. The quantitative estimate of drug-likeness (QED) is 0.747. The molecule has 3 N–H and O–H groups in total. The SMILES string of the molecule is NC1CCC(C(=O)N2CCC(NC(=O)c3cc(C4CC4)on3)C[C@@H]2c2ccccc2)CC1. The number of nitrogens with zero attached hydrogens (tertiary/aromatic N) is 2. The topological polar surface area (TPSA) is 101 Å². The van der Waals surface area contributed by atoms with Crippen LogP contribution in [0.4, 0.5) is 0 Å². The van der Waals surface area contributed by atoms with E-state index < -0.39 is 0 Å². The average Bonchev–Trinajstić information content (AvgIpc) is 3.56. The molecule has 2 aliphatic carbocycles. The van der Waals surface area contributed by atoms with Gasteiger partial charge in [0, 0.05) is 36.5 Å². The van der Waals surface area contributed by atoms with Gasteiger partial charge in [-0.1, -0.05) is 35.5 Å². The third kappa shape index (κ3) is 4.58. The Labute approximate surface area is 188 Å². The monoisotopic (exact) mass is 436 g/mol. The van der Waals surface area contributed by atoms with Gasteiger partial charge in [-0.05, 0) is 56.9 Å². The van der Waals surface area contributed by atoms with E-state index >= 15 is 0 Å². The van der Waals surface area contributed by atoms with Gasteiger partial charge in [-0.2, -0.15) is 0 Å². The molecule has 1 unspecified atom stereocenters. The van der Waals surface area contributed by atoms with Crippen molar-refractivity contribution in [2.24, 2.45) is 11.7 Å². The van der Waals surface area contributed by atoms with E-state index in [2.05, 4.69) is 22.6 Å². The summed E-state index contributed by atoms with van der Waals surface area (Å²) in [6, 6.07) is 12.1. The fraction of sp³-hybridized carbons (Fsp3) is 0.560. The zero-order valence-corrected chi connectivity index (χ0v) is 18.4. The smallest absolute Gasteiger partial charge is 0.273 e. The molecule has 1 saturated heterocycles. The Hall–Kier alpha value is -2.67. The summed E-state index contributed by atoms with van der Waals surface area (Å²) in [6.07, 6.45) is 7.21. The minimum Gasteiger partial charge on any atom is -0.360 e. The van der Waals surface area contributed by atoms with Crippen LogP contribution >= 0.6 is 0 Å². The lowest BCUT2D eigenvalue weighted by Gasteiger charge is -2.42. The van der Waals surface area contributed by atoms with E-state index in [0.29, 0.717) is 24.6 Å². The number of carbonyl (C=O) groups excluding carboxylic acids is 2. The highest BCUT2D eigenvalue weighted by atomic mass is 16.5. The van der Waals surface area contributed by atoms with Crippen LogP contribution in [0, 0.1) is 5.92 Å². The van der Waals surface area contributed by atoms with Crippen molar-refractivity contribution in [3.63, 3.8) is 0 Å². The summed E-state index contributed by atoms with van der Waals surface area (Å²) in [7, 11) is 0. The van der Waals surface area contributed by atoms with Crippen LogP contribution < -0.4 is 11.1 Å². The van der Waals surface area contributed by atoms with Crippen molar-refractivity contribution < 1.29 is 14.1 Å². The maximum absolute atomic E-state index is 13.4. The van der Waals surface area contributed by atoms with Crippen LogP contribution in [0.5, 0.6) is 0 Å². The van der Waals surface area contributed by atoms with Crippen molar-refractivity contribution in [2.45, 2.75) is 75.4 Å². The average molecular weight is 437 g/mol. The maximum Gasteiger partial charge on any atom is 0.273 e. The number of aromatic nitrogens is 1. The molecule has 5 rings (SSSR count). The lowest BCUT2D eigenvalue weighted by atomic mass is 9.83. The Morgan fingerprint density at radius 2 is 1.78 bits per heavy atom. The molecule has 2 aromatic rings. The Balaban J connectivity index is 1.28. The predicted molar refractivity (Wildman–Crippen MR) is 120 cm³/mol. The maximum atomic E-state index is 13.4. The first-order chi connectivity index (χ1) is 15.6. The number of piperidine rings is 1. The lowest BCUT2D eigenvalue weighted by molar-refractivity contribution is -0.141. The highest BCUT2D eigenvalue weighted by molar-refractivity contribution is 5.92. The highest BCUT2D eigenvalue weighted by Crippen LogP contribution is 2.40. The van der Waals surface area contributed by atoms with E-state index in [1.807, 2.05) is 23.1 Å². The zero-order chi connectivity index (χ0) is 22.1. The number of hydrogen-bond acceptors (Lipinski definition) is 5. The van der Waals surface area contributed by atoms with Gasteiger partial charge in [0.25, 0.3) is 5.91 Å². The third-order valence-corrected chi connectivity index (χ3v) is 7.27. The molecule has 2 saturated carbocycles. The van der Waals surface area contributed by atoms with Gasteiger partial charge in [0.2, 0.25) is 5.91 Å². The van der Waals surface area contributed by atoms with Gasteiger partial charge in [-0.25, -0.2) is 0 Å². The molecule has 2 amide bonds. The number of amides is 2. The van der Waals surface area contributed by atoms with Gasteiger partial charge in [0.15, 0.2) is 5.69 Å². The predicted octanol–water partition coefficient (Wildman–Crippen LogP) is 3.53. The summed E-state index contributed by atoms with van der Waals surface area (Å²) in [5.74, 6) is 1.34. The van der Waals surface area contributed by atoms with Crippen molar-refractivity contribution in [2.75, 3.05) is 6.54 Å². The first-order valence-corrected chi connectivity index (χ1v) is 12.0. The van der Waals surface area contributed by atoms with Crippen molar-refractivity contribution in [3.05, 3.63) is 53.4 Å². The Bertz CT molecular complexity index is 947. The first kappa shape index (κ1) is 21.2. The summed E-state index contributed by atoms with van der Waals surface area (Å²) >= 11 is 0. The molecule has 3 aliphatic rings. The van der Waals surface area contributed by atoms with E-state index in [-0.39, 0.29) is 35.9 Å². The molecule has 7 heteroatoms. The molecular weight excluding hydrogens is 404 g/mol. The minimum absolute atomic E-state index is 0.0161. The molecule has 0 radical (unpaired) electrons.